The Hall–Kier alpha value is -4.59. The number of nitrogens with zero attached hydrogens (tertiary/aromatic N) is 5. The maximum atomic E-state index is 12.8. The van der Waals surface area contributed by atoms with Gasteiger partial charge in [-0.1, -0.05) is 17.7 Å². The highest BCUT2D eigenvalue weighted by molar-refractivity contribution is 6.33. The summed E-state index contributed by atoms with van der Waals surface area (Å²) in [4.78, 5) is 25.4. The molecule has 1 aliphatic heterocycles. The zero-order valence-electron chi connectivity index (χ0n) is 23.0. The Kier molecular flexibility index (Phi) is 8.38. The molecule has 0 unspecified atom stereocenters. The first-order valence-corrected chi connectivity index (χ1v) is 13.4. The van der Waals surface area contributed by atoms with Crippen LogP contribution in [-0.2, 0) is 6.61 Å². The molecule has 5 rings (SSSR count). The van der Waals surface area contributed by atoms with Gasteiger partial charge in [-0.3, -0.25) is 9.97 Å². The number of carbonyl (C=O) groups is 1. The number of rotatable bonds is 7. The smallest absolute Gasteiger partial charge is 0.415 e. The van der Waals surface area contributed by atoms with Crippen molar-refractivity contribution in [3.05, 3.63) is 76.7 Å². The van der Waals surface area contributed by atoms with E-state index < -0.39 is 6.09 Å². The monoisotopic (exact) mass is 572 g/mol. The van der Waals surface area contributed by atoms with Gasteiger partial charge in [0, 0.05) is 56.1 Å². The quantitative estimate of drug-likeness (QED) is 0.305. The Morgan fingerprint density at radius 1 is 1.12 bits per heavy atom. The van der Waals surface area contributed by atoms with Crippen molar-refractivity contribution in [1.29, 1.82) is 5.26 Å². The van der Waals surface area contributed by atoms with Crippen molar-refractivity contribution in [2.45, 2.75) is 13.5 Å². The molecule has 210 valence electrons. The lowest BCUT2D eigenvalue weighted by molar-refractivity contribution is 0.119. The summed E-state index contributed by atoms with van der Waals surface area (Å²) < 4.78 is 17.2. The van der Waals surface area contributed by atoms with Crippen molar-refractivity contribution in [2.75, 3.05) is 45.7 Å². The first-order valence-electron chi connectivity index (χ1n) is 13.0. The molecule has 10 nitrogen and oxygen atoms in total. The molecule has 0 bridgehead atoms. The number of carbonyl (C=O) groups excluding carboxylic acids is 1. The Balaban J connectivity index is 1.40. The van der Waals surface area contributed by atoms with Gasteiger partial charge in [0.15, 0.2) is 11.5 Å². The number of fused-ring (bicyclic) bond motifs is 1. The SMILES string of the molecule is COc1cc2c(Nc3ccc(OCc4ncccc4C)cc3Cl)c(C#N)cnc2cc1OC(=O)N1CCN(C)CC1. The third kappa shape index (κ3) is 6.27. The number of aromatic nitrogens is 2. The fourth-order valence-electron chi connectivity index (χ4n) is 4.45. The molecule has 0 spiro atoms. The average molecular weight is 573 g/mol. The van der Waals surface area contributed by atoms with Gasteiger partial charge in [-0.15, -0.1) is 0 Å². The van der Waals surface area contributed by atoms with Crippen molar-refractivity contribution in [3.8, 4) is 23.3 Å². The van der Waals surface area contributed by atoms with Crippen molar-refractivity contribution in [2.24, 2.45) is 0 Å². The van der Waals surface area contributed by atoms with Gasteiger partial charge in [-0.25, -0.2) is 4.79 Å². The van der Waals surface area contributed by atoms with Crippen LogP contribution in [0, 0.1) is 18.3 Å². The molecule has 0 saturated carbocycles. The fraction of sp³-hybridized carbons (Fsp3) is 0.267. The number of hydrogen-bond acceptors (Lipinski definition) is 9. The molecular weight excluding hydrogens is 544 g/mol. The average Bonchev–Trinajstić information content (AvgIpc) is 2.98. The van der Waals surface area contributed by atoms with Crippen LogP contribution in [0.2, 0.25) is 5.02 Å². The van der Waals surface area contributed by atoms with Gasteiger partial charge in [-0.2, -0.15) is 5.26 Å². The van der Waals surface area contributed by atoms with E-state index in [0.717, 1.165) is 24.3 Å². The molecule has 4 aromatic rings. The molecule has 3 heterocycles. The largest absolute Gasteiger partial charge is 0.493 e. The molecule has 0 aliphatic carbocycles. The molecule has 1 N–H and O–H groups in total. The molecule has 2 aromatic carbocycles. The third-order valence-electron chi connectivity index (χ3n) is 6.93. The first kappa shape index (κ1) is 28.0. The number of anilines is 2. The van der Waals surface area contributed by atoms with Crippen LogP contribution in [-0.4, -0.2) is 66.2 Å². The van der Waals surface area contributed by atoms with Crippen LogP contribution in [0.25, 0.3) is 10.9 Å². The maximum absolute atomic E-state index is 12.8. The van der Waals surface area contributed by atoms with E-state index in [-0.39, 0.29) is 5.75 Å². The van der Waals surface area contributed by atoms with Gasteiger partial charge in [0.1, 0.15) is 18.4 Å². The predicted octanol–water partition coefficient (Wildman–Crippen LogP) is 5.54. The van der Waals surface area contributed by atoms with E-state index in [1.807, 2.05) is 26.1 Å². The highest BCUT2D eigenvalue weighted by Crippen LogP contribution is 2.39. The van der Waals surface area contributed by atoms with E-state index in [2.05, 4.69) is 26.3 Å². The van der Waals surface area contributed by atoms with E-state index in [1.165, 1.54) is 13.3 Å². The number of piperazine rings is 1. The van der Waals surface area contributed by atoms with Gasteiger partial charge in [0.25, 0.3) is 0 Å². The fourth-order valence-corrected chi connectivity index (χ4v) is 4.67. The van der Waals surface area contributed by atoms with Crippen LogP contribution in [0.3, 0.4) is 0 Å². The Morgan fingerprint density at radius 3 is 2.63 bits per heavy atom. The number of amides is 1. The third-order valence-corrected chi connectivity index (χ3v) is 7.24. The number of likely N-dealkylation sites (N-methyl/N-ethyl adjacent to an activating group) is 1. The first-order chi connectivity index (χ1) is 19.9. The van der Waals surface area contributed by atoms with Crippen LogP contribution in [0.4, 0.5) is 16.2 Å². The molecule has 1 aliphatic rings. The van der Waals surface area contributed by atoms with Crippen molar-refractivity contribution < 1.29 is 19.0 Å². The molecule has 1 saturated heterocycles. The molecule has 1 fully saturated rings. The van der Waals surface area contributed by atoms with Crippen LogP contribution in [0.15, 0.2) is 54.9 Å². The molecule has 2 aromatic heterocycles. The van der Waals surface area contributed by atoms with E-state index in [9.17, 15) is 10.1 Å². The Morgan fingerprint density at radius 2 is 1.93 bits per heavy atom. The predicted molar refractivity (Wildman–Crippen MR) is 156 cm³/mol. The molecule has 11 heteroatoms. The second-order valence-electron chi connectivity index (χ2n) is 9.66. The summed E-state index contributed by atoms with van der Waals surface area (Å²) in [6.07, 6.45) is 2.74. The second-order valence-corrected chi connectivity index (χ2v) is 10.1. The summed E-state index contributed by atoms with van der Waals surface area (Å²) in [5.74, 6) is 1.16. The second kappa shape index (κ2) is 12.3. The molecular formula is C30H29ClN6O4. The Labute approximate surface area is 243 Å². The van der Waals surface area contributed by atoms with E-state index in [0.29, 0.717) is 64.1 Å². The number of pyridine rings is 2. The number of halogens is 1. The number of nitrogens with one attached hydrogen (secondary N) is 1. The van der Waals surface area contributed by atoms with E-state index >= 15 is 0 Å². The number of hydrogen-bond donors (Lipinski definition) is 1. The molecule has 0 atom stereocenters. The molecule has 1 amide bonds. The van der Waals surface area contributed by atoms with Crippen LogP contribution in [0.1, 0.15) is 16.8 Å². The number of benzene rings is 2. The zero-order chi connectivity index (χ0) is 28.9. The minimum Gasteiger partial charge on any atom is -0.493 e. The summed E-state index contributed by atoms with van der Waals surface area (Å²) in [6.45, 7) is 5.00. The topological polar surface area (TPSA) is 113 Å². The Bertz CT molecular complexity index is 1630. The molecule has 0 radical (unpaired) electrons. The van der Waals surface area contributed by atoms with Crippen molar-refractivity contribution in [3.63, 3.8) is 0 Å². The zero-order valence-corrected chi connectivity index (χ0v) is 23.7. The summed E-state index contributed by atoms with van der Waals surface area (Å²) in [6, 6.07) is 14.6. The standard InChI is InChI=1S/C30H29ClN6O4/c1-19-5-4-8-33-26(19)18-40-21-6-7-24(23(31)13-21)35-29-20(16-32)17-34-25-15-28(27(39-3)14-22(25)29)41-30(38)37-11-9-36(2)10-12-37/h4-8,13-15,17H,9-12,18H2,1-3H3,(H,34,35). The summed E-state index contributed by atoms with van der Waals surface area (Å²) in [5.41, 5.74) is 3.77. The molecule has 41 heavy (non-hydrogen) atoms. The maximum Gasteiger partial charge on any atom is 0.415 e. The van der Waals surface area contributed by atoms with E-state index in [1.54, 1.807) is 41.4 Å². The lowest BCUT2D eigenvalue weighted by Gasteiger charge is -2.31. The number of aryl methyl sites for hydroxylation is 1. The highest BCUT2D eigenvalue weighted by Gasteiger charge is 2.23. The van der Waals surface area contributed by atoms with Crippen LogP contribution in [0.5, 0.6) is 17.2 Å². The van der Waals surface area contributed by atoms with Crippen molar-refractivity contribution in [1.82, 2.24) is 19.8 Å². The van der Waals surface area contributed by atoms with Gasteiger partial charge >= 0.3 is 6.09 Å². The number of nitriles is 1. The normalized spacial score (nSPS) is 13.5. The minimum absolute atomic E-state index is 0.245. The number of ether oxygens (including phenoxy) is 3. The van der Waals surface area contributed by atoms with Gasteiger partial charge in [0.05, 0.1) is 40.3 Å². The number of methoxy groups -OCH3 is 1. The van der Waals surface area contributed by atoms with E-state index in [4.69, 9.17) is 25.8 Å². The van der Waals surface area contributed by atoms with Gasteiger partial charge in [0.2, 0.25) is 0 Å². The lowest BCUT2D eigenvalue weighted by atomic mass is 10.1. The minimum atomic E-state index is -0.449. The lowest BCUT2D eigenvalue weighted by Crippen LogP contribution is -2.48. The van der Waals surface area contributed by atoms with Crippen LogP contribution >= 0.6 is 11.6 Å². The van der Waals surface area contributed by atoms with Gasteiger partial charge < -0.3 is 29.3 Å². The van der Waals surface area contributed by atoms with Crippen molar-refractivity contribution >= 4 is 40.0 Å². The highest BCUT2D eigenvalue weighted by atomic mass is 35.5. The summed E-state index contributed by atoms with van der Waals surface area (Å²) in [5, 5.41) is 14.1. The summed E-state index contributed by atoms with van der Waals surface area (Å²) >= 11 is 6.62. The summed E-state index contributed by atoms with van der Waals surface area (Å²) in [7, 11) is 3.51. The van der Waals surface area contributed by atoms with Gasteiger partial charge in [-0.05, 0) is 43.8 Å². The van der Waals surface area contributed by atoms with Crippen LogP contribution < -0.4 is 19.5 Å².